The van der Waals surface area contributed by atoms with Crippen LogP contribution in [-0.4, -0.2) is 16.9 Å². The molecule has 1 N–H and O–H groups in total. The van der Waals surface area contributed by atoms with Crippen molar-refractivity contribution in [3.63, 3.8) is 0 Å². The highest BCUT2D eigenvalue weighted by atomic mass is 19.1. The van der Waals surface area contributed by atoms with Gasteiger partial charge in [-0.05, 0) is 61.9 Å². The van der Waals surface area contributed by atoms with Gasteiger partial charge in [-0.25, -0.2) is 9.37 Å². The maximum Gasteiger partial charge on any atom is 0.270 e. The van der Waals surface area contributed by atoms with Crippen molar-refractivity contribution >= 4 is 5.91 Å². The first-order valence-corrected chi connectivity index (χ1v) is 8.11. The van der Waals surface area contributed by atoms with E-state index in [-0.39, 0.29) is 17.8 Å². The van der Waals surface area contributed by atoms with E-state index < -0.39 is 0 Å². The molecule has 23 heavy (non-hydrogen) atoms. The van der Waals surface area contributed by atoms with Gasteiger partial charge in [0.05, 0.1) is 0 Å². The number of benzene rings is 1. The number of rotatable bonds is 4. The molecule has 0 unspecified atom stereocenters. The smallest absolute Gasteiger partial charge is 0.270 e. The van der Waals surface area contributed by atoms with Crippen molar-refractivity contribution in [1.82, 2.24) is 10.3 Å². The minimum atomic E-state index is -0.212. The number of nitrogens with one attached hydrogen (secondary N) is 1. The van der Waals surface area contributed by atoms with Crippen molar-refractivity contribution in [2.24, 2.45) is 5.92 Å². The molecule has 0 aliphatic heterocycles. The van der Waals surface area contributed by atoms with Gasteiger partial charge in [0.15, 0.2) is 0 Å². The van der Waals surface area contributed by atoms with E-state index in [1.54, 1.807) is 6.07 Å². The summed E-state index contributed by atoms with van der Waals surface area (Å²) in [5.74, 6) is 0.0782. The molecule has 1 aliphatic carbocycles. The lowest BCUT2D eigenvalue weighted by molar-refractivity contribution is 0.0922. The van der Waals surface area contributed by atoms with Gasteiger partial charge in [0.25, 0.3) is 5.91 Å². The Kier molecular flexibility index (Phi) is 4.70. The zero-order valence-corrected chi connectivity index (χ0v) is 13.3. The van der Waals surface area contributed by atoms with Crippen LogP contribution in [0.5, 0.6) is 0 Å². The molecule has 1 aliphatic rings. The summed E-state index contributed by atoms with van der Waals surface area (Å²) >= 11 is 0. The molecule has 0 spiro atoms. The van der Waals surface area contributed by atoms with E-state index in [1.807, 2.05) is 31.2 Å². The Hall–Kier alpha value is -2.23. The highest BCUT2D eigenvalue weighted by Crippen LogP contribution is 2.29. The second-order valence-corrected chi connectivity index (χ2v) is 6.27. The molecule has 1 fully saturated rings. The normalized spacial score (nSPS) is 20.4. The van der Waals surface area contributed by atoms with Crippen LogP contribution in [0.2, 0.25) is 0 Å². The molecule has 0 saturated heterocycles. The third kappa shape index (κ3) is 3.95. The van der Waals surface area contributed by atoms with E-state index in [1.165, 1.54) is 12.1 Å². The van der Waals surface area contributed by atoms with Crippen molar-refractivity contribution in [3.05, 3.63) is 65.2 Å². The second-order valence-electron chi connectivity index (χ2n) is 6.27. The summed E-state index contributed by atoms with van der Waals surface area (Å²) in [6.45, 7) is 1.88. The summed E-state index contributed by atoms with van der Waals surface area (Å²) in [4.78, 5) is 16.7. The summed E-state index contributed by atoms with van der Waals surface area (Å²) in [5.41, 5.74) is 2.43. The van der Waals surface area contributed by atoms with E-state index in [0.29, 0.717) is 11.6 Å². The van der Waals surface area contributed by atoms with Crippen molar-refractivity contribution in [2.75, 3.05) is 0 Å². The van der Waals surface area contributed by atoms with Gasteiger partial charge in [0, 0.05) is 11.7 Å². The Morgan fingerprint density at radius 2 is 2.00 bits per heavy atom. The summed E-state index contributed by atoms with van der Waals surface area (Å²) < 4.78 is 13.0. The van der Waals surface area contributed by atoms with Crippen molar-refractivity contribution in [2.45, 2.75) is 38.6 Å². The summed E-state index contributed by atoms with van der Waals surface area (Å²) in [7, 11) is 0. The average Bonchev–Trinajstić information content (AvgIpc) is 2.96. The van der Waals surface area contributed by atoms with Gasteiger partial charge in [0.1, 0.15) is 11.5 Å². The van der Waals surface area contributed by atoms with E-state index in [9.17, 15) is 9.18 Å². The molecule has 0 radical (unpaired) electrons. The highest BCUT2D eigenvalue weighted by molar-refractivity contribution is 5.92. The SMILES string of the molecule is Cc1cccc(C(=O)N[C@H]2CCC[C@H]2Cc2ccc(F)cc2)n1. The largest absolute Gasteiger partial charge is 0.348 e. The molecule has 1 amide bonds. The molecule has 1 heterocycles. The van der Waals surface area contributed by atoms with Crippen molar-refractivity contribution < 1.29 is 9.18 Å². The predicted molar refractivity (Wildman–Crippen MR) is 87.7 cm³/mol. The summed E-state index contributed by atoms with van der Waals surface area (Å²) in [6, 6.07) is 12.3. The number of carbonyl (C=O) groups excluding carboxylic acids is 1. The Bertz CT molecular complexity index is 684. The average molecular weight is 312 g/mol. The van der Waals surface area contributed by atoms with E-state index in [4.69, 9.17) is 0 Å². The first-order valence-electron chi connectivity index (χ1n) is 8.11. The van der Waals surface area contributed by atoms with Gasteiger partial charge in [-0.3, -0.25) is 4.79 Å². The van der Waals surface area contributed by atoms with Gasteiger partial charge in [-0.1, -0.05) is 24.6 Å². The first-order chi connectivity index (χ1) is 11.1. The minimum Gasteiger partial charge on any atom is -0.348 e. The molecule has 4 heteroatoms. The molecular weight excluding hydrogens is 291 g/mol. The standard InChI is InChI=1S/C19H21FN2O/c1-13-4-2-7-18(21-13)19(23)22-17-6-3-5-15(17)12-14-8-10-16(20)11-9-14/h2,4,7-11,15,17H,3,5-6,12H2,1H3,(H,22,23)/t15-,17-/m0/s1. The van der Waals surface area contributed by atoms with Crippen LogP contribution in [-0.2, 0) is 6.42 Å². The lowest BCUT2D eigenvalue weighted by Gasteiger charge is -2.21. The minimum absolute atomic E-state index is 0.107. The molecule has 120 valence electrons. The van der Waals surface area contributed by atoms with Crippen LogP contribution in [0, 0.1) is 18.7 Å². The summed E-state index contributed by atoms with van der Waals surface area (Å²) in [6.07, 6.45) is 4.05. The van der Waals surface area contributed by atoms with Gasteiger partial charge < -0.3 is 5.32 Å². The molecule has 2 aromatic rings. The van der Waals surface area contributed by atoms with E-state index >= 15 is 0 Å². The highest BCUT2D eigenvalue weighted by Gasteiger charge is 2.29. The molecule has 2 atom stereocenters. The van der Waals surface area contributed by atoms with Gasteiger partial charge in [-0.2, -0.15) is 0 Å². The summed E-state index contributed by atoms with van der Waals surface area (Å²) in [5, 5.41) is 3.13. The number of halogens is 1. The quantitative estimate of drug-likeness (QED) is 0.936. The van der Waals surface area contributed by atoms with Crippen molar-refractivity contribution in [3.8, 4) is 0 Å². The molecule has 1 aromatic heterocycles. The second kappa shape index (κ2) is 6.90. The molecule has 3 nitrogen and oxygen atoms in total. The molecule has 1 aromatic carbocycles. The molecule has 3 rings (SSSR count). The zero-order chi connectivity index (χ0) is 16.2. The number of aromatic nitrogens is 1. The molecule has 1 saturated carbocycles. The fourth-order valence-corrected chi connectivity index (χ4v) is 3.31. The van der Waals surface area contributed by atoms with Crippen LogP contribution in [0.4, 0.5) is 4.39 Å². The topological polar surface area (TPSA) is 42.0 Å². The maximum absolute atomic E-state index is 13.0. The zero-order valence-electron chi connectivity index (χ0n) is 13.3. The number of pyridine rings is 1. The van der Waals surface area contributed by atoms with E-state index in [2.05, 4.69) is 10.3 Å². The van der Waals surface area contributed by atoms with Crippen LogP contribution in [0.3, 0.4) is 0 Å². The number of aryl methyl sites for hydroxylation is 1. The molecule has 0 bridgehead atoms. The predicted octanol–water partition coefficient (Wildman–Crippen LogP) is 3.67. The van der Waals surface area contributed by atoms with Crippen LogP contribution in [0.15, 0.2) is 42.5 Å². The number of hydrogen-bond donors (Lipinski definition) is 1. The lowest BCUT2D eigenvalue weighted by atomic mass is 9.94. The van der Waals surface area contributed by atoms with Gasteiger partial charge in [0.2, 0.25) is 0 Å². The fourth-order valence-electron chi connectivity index (χ4n) is 3.31. The van der Waals surface area contributed by atoms with Crippen LogP contribution >= 0.6 is 0 Å². The number of hydrogen-bond acceptors (Lipinski definition) is 2. The van der Waals surface area contributed by atoms with Crippen LogP contribution in [0.25, 0.3) is 0 Å². The first kappa shape index (κ1) is 15.7. The van der Waals surface area contributed by atoms with E-state index in [0.717, 1.165) is 36.9 Å². The number of amides is 1. The van der Waals surface area contributed by atoms with Gasteiger partial charge >= 0.3 is 0 Å². The Morgan fingerprint density at radius 3 is 2.74 bits per heavy atom. The third-order valence-corrected chi connectivity index (χ3v) is 4.51. The van der Waals surface area contributed by atoms with Crippen molar-refractivity contribution in [1.29, 1.82) is 0 Å². The third-order valence-electron chi connectivity index (χ3n) is 4.51. The van der Waals surface area contributed by atoms with Gasteiger partial charge in [-0.15, -0.1) is 0 Å². The number of nitrogens with zero attached hydrogens (tertiary/aromatic N) is 1. The Balaban J connectivity index is 1.64. The van der Waals surface area contributed by atoms with Crippen LogP contribution in [0.1, 0.15) is 41.0 Å². The fraction of sp³-hybridized carbons (Fsp3) is 0.368. The Morgan fingerprint density at radius 1 is 1.22 bits per heavy atom. The maximum atomic E-state index is 13.0. The molecular formula is C19H21FN2O. The Labute approximate surface area is 135 Å². The van der Waals surface area contributed by atoms with Crippen LogP contribution < -0.4 is 5.32 Å². The number of carbonyl (C=O) groups is 1. The monoisotopic (exact) mass is 312 g/mol. The lowest BCUT2D eigenvalue weighted by Crippen LogP contribution is -2.38.